The molecule has 3 aromatic heterocycles. The van der Waals surface area contributed by atoms with Gasteiger partial charge in [-0.3, -0.25) is 4.68 Å². The van der Waals surface area contributed by atoms with Crippen LogP contribution in [0.3, 0.4) is 0 Å². The number of nitrogens with zero attached hydrogens (tertiary/aromatic N) is 4. The Morgan fingerprint density at radius 1 is 1.28 bits per heavy atom. The Bertz CT molecular complexity index is 1050. The molecule has 0 saturated heterocycles. The molecule has 126 valence electrons. The summed E-state index contributed by atoms with van der Waals surface area (Å²) in [7, 11) is 1.91. The molecule has 4 aromatic rings. The molecular weight excluding hydrogens is 354 g/mol. The third-order valence-electron chi connectivity index (χ3n) is 4.00. The molecule has 25 heavy (non-hydrogen) atoms. The summed E-state index contributed by atoms with van der Waals surface area (Å²) in [6, 6.07) is 7.87. The molecule has 0 fully saturated rings. The molecule has 0 aliphatic carbocycles. The van der Waals surface area contributed by atoms with E-state index in [9.17, 15) is 0 Å². The van der Waals surface area contributed by atoms with Crippen LogP contribution in [0.25, 0.3) is 21.3 Å². The van der Waals surface area contributed by atoms with Crippen molar-refractivity contribution in [1.82, 2.24) is 19.7 Å². The number of halogens is 1. The summed E-state index contributed by atoms with van der Waals surface area (Å²) in [4.78, 5) is 8.94. The minimum atomic E-state index is 0.599. The number of hydrogen-bond acceptors (Lipinski definition) is 5. The second-order valence-electron chi connectivity index (χ2n) is 5.82. The molecule has 0 atom stereocenters. The first kappa shape index (κ1) is 16.1. The van der Waals surface area contributed by atoms with Crippen molar-refractivity contribution in [2.75, 3.05) is 5.32 Å². The van der Waals surface area contributed by atoms with E-state index in [1.54, 1.807) is 22.2 Å². The van der Waals surface area contributed by atoms with Crippen molar-refractivity contribution in [3.63, 3.8) is 0 Å². The van der Waals surface area contributed by atoms with Gasteiger partial charge in [0.1, 0.15) is 0 Å². The summed E-state index contributed by atoms with van der Waals surface area (Å²) in [5.41, 5.74) is 4.02. The van der Waals surface area contributed by atoms with Crippen molar-refractivity contribution in [2.45, 2.75) is 13.5 Å². The van der Waals surface area contributed by atoms with Crippen molar-refractivity contribution in [2.24, 2.45) is 7.05 Å². The van der Waals surface area contributed by atoms with Gasteiger partial charge in [0.25, 0.3) is 0 Å². The van der Waals surface area contributed by atoms with Crippen LogP contribution >= 0.6 is 22.9 Å². The van der Waals surface area contributed by atoms with Gasteiger partial charge in [-0.2, -0.15) is 5.10 Å². The molecule has 1 aromatic carbocycles. The predicted octanol–water partition coefficient (Wildman–Crippen LogP) is 4.67. The van der Waals surface area contributed by atoms with Gasteiger partial charge in [0.05, 0.1) is 11.4 Å². The highest BCUT2D eigenvalue weighted by atomic mass is 35.5. The zero-order valence-corrected chi connectivity index (χ0v) is 15.4. The molecule has 3 heterocycles. The summed E-state index contributed by atoms with van der Waals surface area (Å²) >= 11 is 7.83. The molecule has 0 amide bonds. The fourth-order valence-corrected chi connectivity index (χ4v) is 3.93. The zero-order chi connectivity index (χ0) is 17.4. The number of thiophene rings is 1. The average Bonchev–Trinajstić information content (AvgIpc) is 3.15. The van der Waals surface area contributed by atoms with Gasteiger partial charge in [0, 0.05) is 41.3 Å². The third-order valence-corrected chi connectivity index (χ3v) is 5.25. The van der Waals surface area contributed by atoms with Crippen LogP contribution < -0.4 is 5.32 Å². The molecule has 4 rings (SSSR count). The maximum absolute atomic E-state index is 6.12. The smallest absolute Gasteiger partial charge is 0.223 e. The van der Waals surface area contributed by atoms with E-state index in [-0.39, 0.29) is 0 Å². The fraction of sp³-hybridized carbons (Fsp3) is 0.167. The van der Waals surface area contributed by atoms with E-state index >= 15 is 0 Å². The Kier molecular flexibility index (Phi) is 4.15. The standard InChI is InChI=1S/C18H16ClN5S/c1-11-15(9-24(2)23-11)16-5-6-20-18(22-16)21-8-12-10-25-17-4-3-13(19)7-14(12)17/h3-7,9-10H,8H2,1-2H3,(H,20,21,22). The summed E-state index contributed by atoms with van der Waals surface area (Å²) in [5.74, 6) is 0.599. The van der Waals surface area contributed by atoms with Gasteiger partial charge in [-0.05, 0) is 47.5 Å². The number of aryl methyl sites for hydroxylation is 2. The van der Waals surface area contributed by atoms with Gasteiger partial charge >= 0.3 is 0 Å². The molecule has 0 aliphatic heterocycles. The molecule has 0 bridgehead atoms. The topological polar surface area (TPSA) is 55.6 Å². The Morgan fingerprint density at radius 2 is 2.16 bits per heavy atom. The Balaban J connectivity index is 1.58. The number of benzene rings is 1. The van der Waals surface area contributed by atoms with E-state index < -0.39 is 0 Å². The third kappa shape index (κ3) is 3.23. The van der Waals surface area contributed by atoms with Crippen LogP contribution in [0.4, 0.5) is 5.95 Å². The van der Waals surface area contributed by atoms with Crippen LogP contribution in [-0.4, -0.2) is 19.7 Å². The minimum absolute atomic E-state index is 0.599. The summed E-state index contributed by atoms with van der Waals surface area (Å²) in [5, 5.41) is 11.7. The summed E-state index contributed by atoms with van der Waals surface area (Å²) in [6.45, 7) is 2.63. The molecule has 1 N–H and O–H groups in total. The molecule has 0 aliphatic rings. The summed E-state index contributed by atoms with van der Waals surface area (Å²) < 4.78 is 3.02. The lowest BCUT2D eigenvalue weighted by Crippen LogP contribution is -2.03. The second kappa shape index (κ2) is 6.46. The van der Waals surface area contributed by atoms with Crippen LogP contribution in [0, 0.1) is 6.92 Å². The largest absolute Gasteiger partial charge is 0.350 e. The van der Waals surface area contributed by atoms with Crippen molar-refractivity contribution in [3.8, 4) is 11.3 Å². The van der Waals surface area contributed by atoms with E-state index in [2.05, 4.69) is 25.8 Å². The minimum Gasteiger partial charge on any atom is -0.350 e. The summed E-state index contributed by atoms with van der Waals surface area (Å²) in [6.07, 6.45) is 3.73. The molecular formula is C18H16ClN5S. The first-order valence-electron chi connectivity index (χ1n) is 7.83. The number of aromatic nitrogens is 4. The number of fused-ring (bicyclic) bond motifs is 1. The highest BCUT2D eigenvalue weighted by molar-refractivity contribution is 7.17. The van der Waals surface area contributed by atoms with E-state index in [0.717, 1.165) is 22.0 Å². The van der Waals surface area contributed by atoms with Crippen LogP contribution in [0.1, 0.15) is 11.3 Å². The van der Waals surface area contributed by atoms with Gasteiger partial charge < -0.3 is 5.32 Å². The van der Waals surface area contributed by atoms with Crippen molar-refractivity contribution in [1.29, 1.82) is 0 Å². The molecule has 0 radical (unpaired) electrons. The predicted molar refractivity (Wildman–Crippen MR) is 103 cm³/mol. The lowest BCUT2D eigenvalue weighted by Gasteiger charge is -2.06. The van der Waals surface area contributed by atoms with E-state index in [1.165, 1.54) is 15.6 Å². The van der Waals surface area contributed by atoms with E-state index in [1.807, 2.05) is 44.4 Å². The second-order valence-corrected chi connectivity index (χ2v) is 7.17. The number of hydrogen-bond donors (Lipinski definition) is 1. The lowest BCUT2D eigenvalue weighted by molar-refractivity contribution is 0.756. The Hall–Kier alpha value is -2.44. The first-order chi connectivity index (χ1) is 12.1. The van der Waals surface area contributed by atoms with Crippen LogP contribution in [0.5, 0.6) is 0 Å². The van der Waals surface area contributed by atoms with Gasteiger partial charge in [-0.25, -0.2) is 9.97 Å². The fourth-order valence-electron chi connectivity index (χ4n) is 2.81. The number of nitrogens with one attached hydrogen (secondary N) is 1. The maximum Gasteiger partial charge on any atom is 0.223 e. The SMILES string of the molecule is Cc1nn(C)cc1-c1ccnc(NCc2csc3ccc(Cl)cc23)n1. The Labute approximate surface area is 154 Å². The van der Waals surface area contributed by atoms with Crippen LogP contribution in [0.15, 0.2) is 42.0 Å². The van der Waals surface area contributed by atoms with Gasteiger partial charge in [0.2, 0.25) is 5.95 Å². The van der Waals surface area contributed by atoms with E-state index in [0.29, 0.717) is 12.5 Å². The van der Waals surface area contributed by atoms with Crippen LogP contribution in [-0.2, 0) is 13.6 Å². The highest BCUT2D eigenvalue weighted by Crippen LogP contribution is 2.29. The van der Waals surface area contributed by atoms with Gasteiger partial charge in [0.15, 0.2) is 0 Å². The molecule has 0 spiro atoms. The quantitative estimate of drug-likeness (QED) is 0.568. The number of anilines is 1. The highest BCUT2D eigenvalue weighted by Gasteiger charge is 2.10. The van der Waals surface area contributed by atoms with E-state index in [4.69, 9.17) is 11.6 Å². The van der Waals surface area contributed by atoms with Crippen LogP contribution in [0.2, 0.25) is 5.02 Å². The molecule has 0 saturated carbocycles. The zero-order valence-electron chi connectivity index (χ0n) is 13.8. The lowest BCUT2D eigenvalue weighted by atomic mass is 10.2. The monoisotopic (exact) mass is 369 g/mol. The van der Waals surface area contributed by atoms with Crippen molar-refractivity contribution in [3.05, 3.63) is 58.3 Å². The molecule has 0 unspecified atom stereocenters. The number of rotatable bonds is 4. The maximum atomic E-state index is 6.12. The molecule has 5 nitrogen and oxygen atoms in total. The first-order valence-corrected chi connectivity index (χ1v) is 9.09. The molecule has 7 heteroatoms. The average molecular weight is 370 g/mol. The normalized spacial score (nSPS) is 11.2. The Morgan fingerprint density at radius 3 is 2.96 bits per heavy atom. The van der Waals surface area contributed by atoms with Gasteiger partial charge in [-0.15, -0.1) is 11.3 Å². The van der Waals surface area contributed by atoms with Crippen molar-refractivity contribution >= 4 is 39.0 Å². The van der Waals surface area contributed by atoms with Gasteiger partial charge in [-0.1, -0.05) is 11.6 Å². The van der Waals surface area contributed by atoms with Crippen molar-refractivity contribution < 1.29 is 0 Å².